The molecule has 0 amide bonds. The van der Waals surface area contributed by atoms with Crippen LogP contribution in [0, 0.1) is 12.7 Å². The third kappa shape index (κ3) is 2.89. The molecule has 0 fully saturated rings. The van der Waals surface area contributed by atoms with E-state index in [0.29, 0.717) is 22.6 Å². The van der Waals surface area contributed by atoms with Gasteiger partial charge in [-0.25, -0.2) is 4.39 Å². The van der Waals surface area contributed by atoms with Crippen LogP contribution >= 0.6 is 15.9 Å². The van der Waals surface area contributed by atoms with Crippen molar-refractivity contribution in [2.24, 2.45) is 0 Å². The zero-order chi connectivity index (χ0) is 13.1. The number of hydrogen-bond acceptors (Lipinski definition) is 2. The number of aryl methyl sites for hydroxylation is 1. The van der Waals surface area contributed by atoms with Crippen LogP contribution in [0.3, 0.4) is 0 Å². The van der Waals surface area contributed by atoms with E-state index in [1.165, 1.54) is 12.1 Å². The van der Waals surface area contributed by atoms with E-state index in [9.17, 15) is 9.50 Å². The van der Waals surface area contributed by atoms with Crippen LogP contribution in [-0.2, 0) is 6.61 Å². The summed E-state index contributed by atoms with van der Waals surface area (Å²) >= 11 is 3.33. The summed E-state index contributed by atoms with van der Waals surface area (Å²) in [5.41, 5.74) is 1.38. The van der Waals surface area contributed by atoms with Gasteiger partial charge in [-0.3, -0.25) is 0 Å². The van der Waals surface area contributed by atoms with Crippen LogP contribution in [0.1, 0.15) is 11.1 Å². The third-order valence-electron chi connectivity index (χ3n) is 2.55. The van der Waals surface area contributed by atoms with E-state index in [2.05, 4.69) is 15.9 Å². The van der Waals surface area contributed by atoms with Crippen molar-refractivity contribution in [3.8, 4) is 11.5 Å². The number of rotatable bonds is 3. The number of ether oxygens (including phenoxy) is 1. The van der Waals surface area contributed by atoms with Gasteiger partial charge in [0.25, 0.3) is 0 Å². The Kier molecular flexibility index (Phi) is 3.99. The molecule has 0 aliphatic rings. The lowest BCUT2D eigenvalue weighted by Gasteiger charge is -2.12. The van der Waals surface area contributed by atoms with Crippen LogP contribution in [0.25, 0.3) is 0 Å². The molecule has 0 aliphatic carbocycles. The van der Waals surface area contributed by atoms with Gasteiger partial charge < -0.3 is 9.84 Å². The van der Waals surface area contributed by atoms with Crippen molar-refractivity contribution < 1.29 is 14.2 Å². The first-order valence-corrected chi connectivity index (χ1v) is 6.23. The van der Waals surface area contributed by atoms with Crippen molar-refractivity contribution in [2.75, 3.05) is 0 Å². The average Bonchev–Trinajstić information content (AvgIpc) is 2.34. The summed E-state index contributed by atoms with van der Waals surface area (Å²) in [6.45, 7) is 1.66. The number of aliphatic hydroxyl groups excluding tert-OH is 1. The number of hydrogen-bond donors (Lipinski definition) is 1. The van der Waals surface area contributed by atoms with Crippen LogP contribution in [-0.4, -0.2) is 5.11 Å². The Labute approximate surface area is 113 Å². The molecule has 0 radical (unpaired) electrons. The van der Waals surface area contributed by atoms with E-state index in [4.69, 9.17) is 4.74 Å². The van der Waals surface area contributed by atoms with Crippen LogP contribution in [0.5, 0.6) is 11.5 Å². The Morgan fingerprint density at radius 1 is 1.17 bits per heavy atom. The van der Waals surface area contributed by atoms with E-state index in [1.807, 2.05) is 6.07 Å². The molecule has 0 spiro atoms. The van der Waals surface area contributed by atoms with Gasteiger partial charge >= 0.3 is 0 Å². The highest BCUT2D eigenvalue weighted by atomic mass is 79.9. The number of benzene rings is 2. The molecule has 0 saturated carbocycles. The second-order valence-electron chi connectivity index (χ2n) is 3.92. The summed E-state index contributed by atoms with van der Waals surface area (Å²) in [5, 5.41) is 9.27. The zero-order valence-electron chi connectivity index (χ0n) is 9.78. The molecule has 2 aromatic carbocycles. The second kappa shape index (κ2) is 5.50. The minimum absolute atomic E-state index is 0.116. The highest BCUT2D eigenvalue weighted by molar-refractivity contribution is 9.10. The summed E-state index contributed by atoms with van der Waals surface area (Å²) in [5.74, 6) is 0.849. The fraction of sp³-hybridized carbons (Fsp3) is 0.143. The molecule has 0 saturated heterocycles. The summed E-state index contributed by atoms with van der Waals surface area (Å²) in [6.07, 6.45) is 0. The van der Waals surface area contributed by atoms with Crippen LogP contribution < -0.4 is 4.74 Å². The first kappa shape index (κ1) is 13.1. The summed E-state index contributed by atoms with van der Waals surface area (Å²) < 4.78 is 19.5. The maximum Gasteiger partial charge on any atom is 0.133 e. The smallest absolute Gasteiger partial charge is 0.133 e. The topological polar surface area (TPSA) is 29.5 Å². The van der Waals surface area contributed by atoms with Crippen LogP contribution in [0.15, 0.2) is 40.9 Å². The molecule has 18 heavy (non-hydrogen) atoms. The largest absolute Gasteiger partial charge is 0.457 e. The first-order valence-electron chi connectivity index (χ1n) is 5.43. The van der Waals surface area contributed by atoms with Gasteiger partial charge in [-0.15, -0.1) is 0 Å². The highest BCUT2D eigenvalue weighted by Gasteiger charge is 2.07. The Bertz CT molecular complexity index is 570. The van der Waals surface area contributed by atoms with Crippen molar-refractivity contribution in [3.05, 3.63) is 57.8 Å². The lowest BCUT2D eigenvalue weighted by molar-refractivity contribution is 0.276. The Morgan fingerprint density at radius 2 is 1.89 bits per heavy atom. The minimum Gasteiger partial charge on any atom is -0.457 e. The van der Waals surface area contributed by atoms with Crippen LogP contribution in [0.2, 0.25) is 0 Å². The van der Waals surface area contributed by atoms with Gasteiger partial charge in [-0.05, 0) is 48.9 Å². The van der Waals surface area contributed by atoms with E-state index < -0.39 is 0 Å². The summed E-state index contributed by atoms with van der Waals surface area (Å²) in [4.78, 5) is 0. The molecular weight excluding hydrogens is 299 g/mol. The van der Waals surface area contributed by atoms with Gasteiger partial charge in [0.1, 0.15) is 17.3 Å². The van der Waals surface area contributed by atoms with Crippen LogP contribution in [0.4, 0.5) is 4.39 Å². The number of aliphatic hydroxyl groups is 1. The van der Waals surface area contributed by atoms with E-state index in [-0.39, 0.29) is 12.4 Å². The van der Waals surface area contributed by atoms with Crippen molar-refractivity contribution in [2.45, 2.75) is 13.5 Å². The number of halogens is 2. The van der Waals surface area contributed by atoms with Gasteiger partial charge in [0.2, 0.25) is 0 Å². The van der Waals surface area contributed by atoms with Crippen molar-refractivity contribution >= 4 is 15.9 Å². The minimum atomic E-state index is -0.293. The highest BCUT2D eigenvalue weighted by Crippen LogP contribution is 2.30. The van der Waals surface area contributed by atoms with Gasteiger partial charge in [0.05, 0.1) is 6.61 Å². The molecule has 94 valence electrons. The quantitative estimate of drug-likeness (QED) is 0.921. The predicted octanol–water partition coefficient (Wildman–Crippen LogP) is 4.18. The SMILES string of the molecule is Cc1cc(F)ccc1Oc1ccc(Br)cc1CO. The van der Waals surface area contributed by atoms with Gasteiger partial charge in [0, 0.05) is 10.0 Å². The van der Waals surface area contributed by atoms with E-state index in [0.717, 1.165) is 4.47 Å². The molecule has 0 bridgehead atoms. The monoisotopic (exact) mass is 310 g/mol. The molecule has 1 N–H and O–H groups in total. The van der Waals surface area contributed by atoms with Gasteiger partial charge in [0.15, 0.2) is 0 Å². The molecular formula is C14H12BrFO2. The van der Waals surface area contributed by atoms with E-state index >= 15 is 0 Å². The molecule has 2 rings (SSSR count). The summed E-state index contributed by atoms with van der Waals surface area (Å²) in [7, 11) is 0. The lowest BCUT2D eigenvalue weighted by Crippen LogP contribution is -1.93. The molecule has 0 aliphatic heterocycles. The lowest BCUT2D eigenvalue weighted by atomic mass is 10.2. The Hall–Kier alpha value is -1.39. The third-order valence-corrected chi connectivity index (χ3v) is 3.04. The normalized spacial score (nSPS) is 10.4. The molecule has 0 atom stereocenters. The maximum absolute atomic E-state index is 13.0. The molecule has 4 heteroatoms. The van der Waals surface area contributed by atoms with E-state index in [1.54, 1.807) is 25.1 Å². The maximum atomic E-state index is 13.0. The fourth-order valence-electron chi connectivity index (χ4n) is 1.62. The first-order chi connectivity index (χ1) is 8.60. The van der Waals surface area contributed by atoms with Crippen molar-refractivity contribution in [1.29, 1.82) is 0 Å². The van der Waals surface area contributed by atoms with Gasteiger partial charge in [-0.1, -0.05) is 15.9 Å². The second-order valence-corrected chi connectivity index (χ2v) is 4.84. The van der Waals surface area contributed by atoms with Crippen molar-refractivity contribution in [1.82, 2.24) is 0 Å². The summed E-state index contributed by atoms with van der Waals surface area (Å²) in [6, 6.07) is 9.71. The van der Waals surface area contributed by atoms with Crippen molar-refractivity contribution in [3.63, 3.8) is 0 Å². The molecule has 0 heterocycles. The van der Waals surface area contributed by atoms with Gasteiger partial charge in [-0.2, -0.15) is 0 Å². The molecule has 2 nitrogen and oxygen atoms in total. The molecule has 0 unspecified atom stereocenters. The average molecular weight is 311 g/mol. The zero-order valence-corrected chi connectivity index (χ0v) is 11.4. The standard InChI is InChI=1S/C14H12BrFO2/c1-9-6-12(16)3-5-13(9)18-14-4-2-11(15)7-10(14)8-17/h2-7,17H,8H2,1H3. The molecule has 2 aromatic rings. The Morgan fingerprint density at radius 3 is 2.56 bits per heavy atom. The molecule has 0 aromatic heterocycles. The predicted molar refractivity (Wildman–Crippen MR) is 71.3 cm³/mol. The fourth-order valence-corrected chi connectivity index (χ4v) is 2.03. The Balaban J connectivity index is 2.33.